The first kappa shape index (κ1) is 22.3. The SMILES string of the molecule is CCN(C1=C(c2ccc(C)cc2)C(=O)N(c2ccc(C(F)(F)F)cc2)C1=O)c1ccccc1. The highest BCUT2D eigenvalue weighted by atomic mass is 19.4. The van der Waals surface area contributed by atoms with Crippen LogP contribution in [0.15, 0.2) is 84.6 Å². The number of alkyl halides is 3. The van der Waals surface area contributed by atoms with E-state index in [9.17, 15) is 22.8 Å². The van der Waals surface area contributed by atoms with Gasteiger partial charge in [-0.15, -0.1) is 0 Å². The number of hydrogen-bond donors (Lipinski definition) is 0. The van der Waals surface area contributed by atoms with Gasteiger partial charge in [-0.25, -0.2) is 4.90 Å². The molecule has 7 heteroatoms. The molecule has 0 saturated heterocycles. The summed E-state index contributed by atoms with van der Waals surface area (Å²) in [6.45, 7) is 4.19. The smallest absolute Gasteiger partial charge is 0.337 e. The Balaban J connectivity index is 1.85. The summed E-state index contributed by atoms with van der Waals surface area (Å²) in [5.41, 5.74) is 1.93. The van der Waals surface area contributed by atoms with Crippen molar-refractivity contribution in [2.45, 2.75) is 20.0 Å². The fourth-order valence-electron chi connectivity index (χ4n) is 3.86. The Hall–Kier alpha value is -3.87. The summed E-state index contributed by atoms with van der Waals surface area (Å²) in [4.78, 5) is 29.8. The highest BCUT2D eigenvalue weighted by Gasteiger charge is 2.43. The molecule has 33 heavy (non-hydrogen) atoms. The predicted molar refractivity (Wildman–Crippen MR) is 121 cm³/mol. The molecule has 4 nitrogen and oxygen atoms in total. The van der Waals surface area contributed by atoms with Crippen LogP contribution in [0.1, 0.15) is 23.6 Å². The van der Waals surface area contributed by atoms with E-state index in [1.165, 1.54) is 0 Å². The summed E-state index contributed by atoms with van der Waals surface area (Å²) in [7, 11) is 0. The molecule has 0 N–H and O–H groups in total. The normalized spacial score (nSPS) is 14.3. The highest BCUT2D eigenvalue weighted by molar-refractivity contribution is 6.46. The Morgan fingerprint density at radius 3 is 1.97 bits per heavy atom. The van der Waals surface area contributed by atoms with Gasteiger partial charge in [0.1, 0.15) is 5.70 Å². The number of rotatable bonds is 5. The molecule has 0 saturated carbocycles. The van der Waals surface area contributed by atoms with Crippen LogP contribution in [0.5, 0.6) is 0 Å². The summed E-state index contributed by atoms with van der Waals surface area (Å²) in [6, 6.07) is 20.4. The summed E-state index contributed by atoms with van der Waals surface area (Å²) in [5.74, 6) is -1.16. The van der Waals surface area contributed by atoms with Crippen molar-refractivity contribution in [1.82, 2.24) is 0 Å². The average Bonchev–Trinajstić information content (AvgIpc) is 3.05. The summed E-state index contributed by atoms with van der Waals surface area (Å²) in [5, 5.41) is 0. The van der Waals surface area contributed by atoms with Crippen LogP contribution in [-0.4, -0.2) is 18.4 Å². The molecule has 3 aromatic rings. The van der Waals surface area contributed by atoms with Crippen LogP contribution in [-0.2, 0) is 15.8 Å². The van der Waals surface area contributed by atoms with E-state index >= 15 is 0 Å². The molecule has 0 spiro atoms. The van der Waals surface area contributed by atoms with Gasteiger partial charge in [-0.3, -0.25) is 9.59 Å². The monoisotopic (exact) mass is 450 g/mol. The zero-order valence-electron chi connectivity index (χ0n) is 18.1. The van der Waals surface area contributed by atoms with Gasteiger partial charge in [0.2, 0.25) is 0 Å². The Kier molecular flexibility index (Phi) is 5.80. The van der Waals surface area contributed by atoms with E-state index in [2.05, 4.69) is 0 Å². The standard InChI is InChI=1S/C26H21F3N2O2/c1-3-30(20-7-5-4-6-8-20)23-22(18-11-9-17(2)10-12-18)24(32)31(25(23)33)21-15-13-19(14-16-21)26(27,28)29/h4-16H,3H2,1-2H3. The van der Waals surface area contributed by atoms with Crippen molar-refractivity contribution in [3.8, 4) is 0 Å². The van der Waals surface area contributed by atoms with E-state index < -0.39 is 23.6 Å². The van der Waals surface area contributed by atoms with Crippen molar-refractivity contribution in [1.29, 1.82) is 0 Å². The molecule has 1 heterocycles. The highest BCUT2D eigenvalue weighted by Crippen LogP contribution is 2.38. The van der Waals surface area contributed by atoms with Crippen molar-refractivity contribution in [3.63, 3.8) is 0 Å². The number of likely N-dealkylation sites (N-methyl/N-ethyl adjacent to an activating group) is 1. The molecular formula is C26H21F3N2O2. The largest absolute Gasteiger partial charge is 0.416 e. The number of imide groups is 1. The molecule has 2 amide bonds. The van der Waals surface area contributed by atoms with Gasteiger partial charge in [0, 0.05) is 12.2 Å². The van der Waals surface area contributed by atoms with Crippen LogP contribution in [0.3, 0.4) is 0 Å². The van der Waals surface area contributed by atoms with Gasteiger partial charge in [0.25, 0.3) is 11.8 Å². The zero-order chi connectivity index (χ0) is 23.8. The Bertz CT molecular complexity index is 1220. The maximum atomic E-state index is 13.6. The molecule has 3 aromatic carbocycles. The summed E-state index contributed by atoms with van der Waals surface area (Å²) < 4.78 is 39.0. The lowest BCUT2D eigenvalue weighted by Gasteiger charge is -2.25. The Labute approximate surface area is 189 Å². The fraction of sp³-hybridized carbons (Fsp3) is 0.154. The number of carbonyl (C=O) groups excluding carboxylic acids is 2. The first-order valence-electron chi connectivity index (χ1n) is 10.4. The molecule has 0 bridgehead atoms. The zero-order valence-corrected chi connectivity index (χ0v) is 18.1. The third-order valence-corrected chi connectivity index (χ3v) is 5.51. The molecule has 0 radical (unpaired) electrons. The second-order valence-electron chi connectivity index (χ2n) is 7.66. The van der Waals surface area contributed by atoms with Gasteiger partial charge in [0.15, 0.2) is 0 Å². The van der Waals surface area contributed by atoms with Crippen molar-refractivity contribution < 1.29 is 22.8 Å². The van der Waals surface area contributed by atoms with Gasteiger partial charge in [-0.05, 0) is 55.8 Å². The fourth-order valence-corrected chi connectivity index (χ4v) is 3.86. The van der Waals surface area contributed by atoms with Crippen molar-refractivity contribution in [3.05, 3.63) is 101 Å². The third-order valence-electron chi connectivity index (χ3n) is 5.51. The van der Waals surface area contributed by atoms with Crippen LogP contribution in [0, 0.1) is 6.92 Å². The molecule has 0 aromatic heterocycles. The number of hydrogen-bond acceptors (Lipinski definition) is 3. The van der Waals surface area contributed by atoms with Gasteiger partial charge in [-0.2, -0.15) is 13.2 Å². The minimum absolute atomic E-state index is 0.0849. The first-order chi connectivity index (χ1) is 15.7. The van der Waals surface area contributed by atoms with Crippen LogP contribution < -0.4 is 9.80 Å². The predicted octanol–water partition coefficient (Wildman–Crippen LogP) is 5.82. The van der Waals surface area contributed by atoms with Crippen LogP contribution >= 0.6 is 0 Å². The number of para-hydroxylation sites is 1. The lowest BCUT2D eigenvalue weighted by Crippen LogP contribution is -2.35. The topological polar surface area (TPSA) is 40.6 Å². The maximum absolute atomic E-state index is 13.6. The number of aryl methyl sites for hydroxylation is 1. The molecule has 1 aliphatic heterocycles. The second kappa shape index (κ2) is 8.58. The summed E-state index contributed by atoms with van der Waals surface area (Å²) >= 11 is 0. The van der Waals surface area contributed by atoms with E-state index in [0.717, 1.165) is 40.4 Å². The van der Waals surface area contributed by atoms with E-state index in [1.54, 1.807) is 17.0 Å². The number of benzene rings is 3. The molecule has 0 unspecified atom stereocenters. The van der Waals surface area contributed by atoms with E-state index in [1.807, 2.05) is 56.3 Å². The van der Waals surface area contributed by atoms with Gasteiger partial charge in [-0.1, -0.05) is 48.0 Å². The molecule has 168 valence electrons. The van der Waals surface area contributed by atoms with Gasteiger partial charge < -0.3 is 4.90 Å². The van der Waals surface area contributed by atoms with Crippen molar-refractivity contribution in [2.75, 3.05) is 16.3 Å². The lowest BCUT2D eigenvalue weighted by atomic mass is 10.0. The summed E-state index contributed by atoms with van der Waals surface area (Å²) in [6.07, 6.45) is -4.51. The molecule has 0 fully saturated rings. The minimum Gasteiger partial charge on any atom is -0.337 e. The molecule has 0 aliphatic carbocycles. The average molecular weight is 450 g/mol. The van der Waals surface area contributed by atoms with E-state index in [-0.39, 0.29) is 17.0 Å². The Morgan fingerprint density at radius 2 is 1.42 bits per heavy atom. The van der Waals surface area contributed by atoms with Gasteiger partial charge >= 0.3 is 6.18 Å². The Morgan fingerprint density at radius 1 is 0.818 bits per heavy atom. The molecular weight excluding hydrogens is 429 g/mol. The van der Waals surface area contributed by atoms with E-state index in [0.29, 0.717) is 12.1 Å². The van der Waals surface area contributed by atoms with Crippen LogP contribution in [0.4, 0.5) is 24.5 Å². The lowest BCUT2D eigenvalue weighted by molar-refractivity contribution is -0.137. The number of amides is 2. The van der Waals surface area contributed by atoms with E-state index in [4.69, 9.17) is 0 Å². The molecule has 1 aliphatic rings. The van der Waals surface area contributed by atoms with Crippen LogP contribution in [0.25, 0.3) is 5.57 Å². The number of anilines is 2. The first-order valence-corrected chi connectivity index (χ1v) is 10.4. The number of nitrogens with zero attached hydrogens (tertiary/aromatic N) is 2. The van der Waals surface area contributed by atoms with Gasteiger partial charge in [0.05, 0.1) is 16.8 Å². The number of halogens is 3. The molecule has 4 rings (SSSR count). The number of carbonyl (C=O) groups is 2. The maximum Gasteiger partial charge on any atom is 0.416 e. The second-order valence-corrected chi connectivity index (χ2v) is 7.66. The quantitative estimate of drug-likeness (QED) is 0.460. The minimum atomic E-state index is -4.51. The molecule has 0 atom stereocenters. The van der Waals surface area contributed by atoms with Crippen molar-refractivity contribution in [2.24, 2.45) is 0 Å². The van der Waals surface area contributed by atoms with Crippen LogP contribution in [0.2, 0.25) is 0 Å². The third kappa shape index (κ3) is 4.14. The van der Waals surface area contributed by atoms with Crippen molar-refractivity contribution >= 4 is 28.8 Å².